The molecule has 1 aliphatic carbocycles. The van der Waals surface area contributed by atoms with E-state index in [-0.39, 0.29) is 0 Å². The second-order valence-electron chi connectivity index (χ2n) is 4.48. The van der Waals surface area contributed by atoms with E-state index in [1.165, 1.54) is 45.2 Å². The van der Waals surface area contributed by atoms with Crippen LogP contribution in [0, 0.1) is 5.92 Å². The fraction of sp³-hybridized carbons (Fsp3) is 0.909. The highest BCUT2D eigenvalue weighted by atomic mass is 15.1. The quantitative estimate of drug-likeness (QED) is 0.541. The van der Waals surface area contributed by atoms with E-state index in [1.807, 2.05) is 0 Å². The topological polar surface area (TPSA) is 41.6 Å². The highest BCUT2D eigenvalue weighted by Gasteiger charge is 2.25. The number of rotatable bonds is 4. The van der Waals surface area contributed by atoms with Crippen molar-refractivity contribution >= 4 is 5.84 Å². The van der Waals surface area contributed by atoms with Crippen LogP contribution in [0.2, 0.25) is 0 Å². The van der Waals surface area contributed by atoms with Gasteiger partial charge in [-0.25, -0.2) is 0 Å². The van der Waals surface area contributed by atoms with Gasteiger partial charge >= 0.3 is 0 Å². The number of nitrogens with zero attached hydrogens (tertiary/aromatic N) is 2. The second kappa shape index (κ2) is 4.78. The molecule has 2 fully saturated rings. The SMILES string of the molecule is NC(=NCCN1CCCCC1)C1CC1. The molecule has 3 heteroatoms. The first-order valence-corrected chi connectivity index (χ1v) is 5.88. The van der Waals surface area contributed by atoms with Crippen LogP contribution >= 0.6 is 0 Å². The molecule has 1 saturated heterocycles. The molecule has 0 aromatic heterocycles. The van der Waals surface area contributed by atoms with Gasteiger partial charge in [-0.15, -0.1) is 0 Å². The number of nitrogens with two attached hydrogens (primary N) is 1. The summed E-state index contributed by atoms with van der Waals surface area (Å²) in [6.45, 7) is 4.54. The van der Waals surface area contributed by atoms with Gasteiger partial charge in [-0.05, 0) is 38.8 Å². The van der Waals surface area contributed by atoms with Crippen molar-refractivity contribution in [3.8, 4) is 0 Å². The summed E-state index contributed by atoms with van der Waals surface area (Å²) < 4.78 is 0. The normalized spacial score (nSPS) is 25.3. The van der Waals surface area contributed by atoms with Gasteiger partial charge in [0.15, 0.2) is 0 Å². The summed E-state index contributed by atoms with van der Waals surface area (Å²) in [6.07, 6.45) is 6.66. The lowest BCUT2D eigenvalue weighted by Gasteiger charge is -2.25. The molecule has 0 bridgehead atoms. The third kappa shape index (κ3) is 2.98. The molecule has 80 valence electrons. The van der Waals surface area contributed by atoms with Crippen LogP contribution in [0.25, 0.3) is 0 Å². The highest BCUT2D eigenvalue weighted by Crippen LogP contribution is 2.28. The van der Waals surface area contributed by atoms with Crippen LogP contribution in [0.3, 0.4) is 0 Å². The van der Waals surface area contributed by atoms with Crippen LogP contribution in [0.1, 0.15) is 32.1 Å². The number of hydrogen-bond donors (Lipinski definition) is 1. The third-order valence-corrected chi connectivity index (χ3v) is 3.15. The Hall–Kier alpha value is -0.570. The summed E-state index contributed by atoms with van der Waals surface area (Å²) in [6, 6.07) is 0. The van der Waals surface area contributed by atoms with Crippen molar-refractivity contribution in [1.82, 2.24) is 4.90 Å². The second-order valence-corrected chi connectivity index (χ2v) is 4.48. The Kier molecular flexibility index (Phi) is 3.40. The van der Waals surface area contributed by atoms with Gasteiger partial charge in [-0.3, -0.25) is 4.99 Å². The maximum absolute atomic E-state index is 5.83. The van der Waals surface area contributed by atoms with Crippen LogP contribution in [0.15, 0.2) is 4.99 Å². The molecular formula is C11H21N3. The molecule has 2 rings (SSSR count). The van der Waals surface area contributed by atoms with Crippen molar-refractivity contribution in [1.29, 1.82) is 0 Å². The summed E-state index contributed by atoms with van der Waals surface area (Å²) in [5.74, 6) is 1.54. The summed E-state index contributed by atoms with van der Waals surface area (Å²) >= 11 is 0. The van der Waals surface area contributed by atoms with Crippen LogP contribution in [-0.4, -0.2) is 36.9 Å². The first-order chi connectivity index (χ1) is 6.86. The minimum Gasteiger partial charge on any atom is -0.387 e. The molecule has 1 aliphatic heterocycles. The highest BCUT2D eigenvalue weighted by molar-refractivity contribution is 5.84. The predicted octanol–water partition coefficient (Wildman–Crippen LogP) is 1.24. The molecule has 0 spiro atoms. The number of amidine groups is 1. The molecule has 2 aliphatic rings. The van der Waals surface area contributed by atoms with Crippen LogP contribution in [0.5, 0.6) is 0 Å². The number of likely N-dealkylation sites (tertiary alicyclic amines) is 1. The van der Waals surface area contributed by atoms with E-state index in [1.54, 1.807) is 0 Å². The number of aliphatic imine (C=N–C) groups is 1. The molecule has 0 unspecified atom stereocenters. The van der Waals surface area contributed by atoms with Gasteiger partial charge in [-0.2, -0.15) is 0 Å². The zero-order valence-electron chi connectivity index (χ0n) is 8.91. The van der Waals surface area contributed by atoms with Crippen LogP contribution in [0.4, 0.5) is 0 Å². The van der Waals surface area contributed by atoms with E-state index in [2.05, 4.69) is 9.89 Å². The lowest BCUT2D eigenvalue weighted by Crippen LogP contribution is -2.32. The van der Waals surface area contributed by atoms with E-state index in [9.17, 15) is 0 Å². The zero-order chi connectivity index (χ0) is 9.80. The summed E-state index contributed by atoms with van der Waals surface area (Å²) in [5.41, 5.74) is 5.83. The Morgan fingerprint density at radius 3 is 2.57 bits per heavy atom. The lowest BCUT2D eigenvalue weighted by molar-refractivity contribution is 0.235. The first-order valence-electron chi connectivity index (χ1n) is 5.88. The molecule has 14 heavy (non-hydrogen) atoms. The van der Waals surface area contributed by atoms with Crippen LogP contribution in [-0.2, 0) is 0 Å². The van der Waals surface area contributed by atoms with Gasteiger partial charge in [0.2, 0.25) is 0 Å². The fourth-order valence-corrected chi connectivity index (χ4v) is 2.01. The predicted molar refractivity (Wildman–Crippen MR) is 59.5 cm³/mol. The summed E-state index contributed by atoms with van der Waals surface area (Å²) in [5, 5.41) is 0. The maximum atomic E-state index is 5.83. The standard InChI is InChI=1S/C11H21N3/c12-11(10-4-5-10)13-6-9-14-7-2-1-3-8-14/h10H,1-9H2,(H2,12,13). The molecule has 0 radical (unpaired) electrons. The molecule has 3 nitrogen and oxygen atoms in total. The van der Waals surface area contributed by atoms with E-state index in [0.29, 0.717) is 5.92 Å². The van der Waals surface area contributed by atoms with Crippen molar-refractivity contribution < 1.29 is 0 Å². The van der Waals surface area contributed by atoms with Crippen molar-refractivity contribution in [3.63, 3.8) is 0 Å². The molecular weight excluding hydrogens is 174 g/mol. The molecule has 1 saturated carbocycles. The monoisotopic (exact) mass is 195 g/mol. The number of piperidine rings is 1. The smallest absolute Gasteiger partial charge is 0.0968 e. The molecule has 0 aromatic carbocycles. The fourth-order valence-electron chi connectivity index (χ4n) is 2.01. The van der Waals surface area contributed by atoms with Crippen molar-refractivity contribution in [2.45, 2.75) is 32.1 Å². The van der Waals surface area contributed by atoms with Gasteiger partial charge in [0.05, 0.1) is 12.4 Å². The average Bonchev–Trinajstić information content (AvgIpc) is 3.02. The molecule has 0 aromatic rings. The Labute approximate surface area is 86.4 Å². The van der Waals surface area contributed by atoms with Crippen molar-refractivity contribution in [3.05, 3.63) is 0 Å². The third-order valence-electron chi connectivity index (χ3n) is 3.15. The molecule has 1 heterocycles. The van der Waals surface area contributed by atoms with E-state index >= 15 is 0 Å². The Morgan fingerprint density at radius 2 is 1.93 bits per heavy atom. The van der Waals surface area contributed by atoms with Gasteiger partial charge in [0, 0.05) is 12.5 Å². The molecule has 0 atom stereocenters. The Bertz CT molecular complexity index is 203. The summed E-state index contributed by atoms with van der Waals surface area (Å²) in [7, 11) is 0. The zero-order valence-corrected chi connectivity index (χ0v) is 8.91. The largest absolute Gasteiger partial charge is 0.387 e. The Morgan fingerprint density at radius 1 is 1.21 bits per heavy atom. The molecule has 2 N–H and O–H groups in total. The van der Waals surface area contributed by atoms with Crippen molar-refractivity contribution in [2.75, 3.05) is 26.2 Å². The first kappa shape index (κ1) is 9.97. The number of hydrogen-bond acceptors (Lipinski definition) is 2. The minimum absolute atomic E-state index is 0.636. The van der Waals surface area contributed by atoms with Gasteiger partial charge in [0.25, 0.3) is 0 Å². The molecule has 0 amide bonds. The van der Waals surface area contributed by atoms with Gasteiger partial charge < -0.3 is 10.6 Å². The van der Waals surface area contributed by atoms with E-state index in [0.717, 1.165) is 18.9 Å². The van der Waals surface area contributed by atoms with E-state index < -0.39 is 0 Å². The van der Waals surface area contributed by atoms with Crippen molar-refractivity contribution in [2.24, 2.45) is 16.6 Å². The Balaban J connectivity index is 1.63. The van der Waals surface area contributed by atoms with Crippen LogP contribution < -0.4 is 5.73 Å². The maximum Gasteiger partial charge on any atom is 0.0968 e. The van der Waals surface area contributed by atoms with Gasteiger partial charge in [-0.1, -0.05) is 6.42 Å². The average molecular weight is 195 g/mol. The van der Waals surface area contributed by atoms with Gasteiger partial charge in [0.1, 0.15) is 0 Å². The summed E-state index contributed by atoms with van der Waals surface area (Å²) in [4.78, 5) is 6.94. The lowest BCUT2D eigenvalue weighted by atomic mass is 10.1. The van der Waals surface area contributed by atoms with E-state index in [4.69, 9.17) is 5.73 Å². The minimum atomic E-state index is 0.636.